The van der Waals surface area contributed by atoms with Crippen LogP contribution in [0.4, 0.5) is 0 Å². The molecule has 1 aliphatic rings. The first-order valence-corrected chi connectivity index (χ1v) is 8.42. The van der Waals surface area contributed by atoms with Gasteiger partial charge in [0.2, 0.25) is 5.91 Å². The lowest BCUT2D eigenvalue weighted by Crippen LogP contribution is -2.49. The number of primary amides is 1. The van der Waals surface area contributed by atoms with Crippen LogP contribution in [0.5, 0.6) is 5.75 Å². The van der Waals surface area contributed by atoms with Crippen molar-refractivity contribution in [3.8, 4) is 5.75 Å². The van der Waals surface area contributed by atoms with Crippen LogP contribution < -0.4 is 10.5 Å². The number of nitrogens with two attached hydrogens (primary N) is 1. The largest absolute Gasteiger partial charge is 0.496 e. The number of hydrogen-bond acceptors (Lipinski definition) is 5. The van der Waals surface area contributed by atoms with Gasteiger partial charge in [-0.15, -0.1) is 0 Å². The minimum atomic E-state index is -1.01. The van der Waals surface area contributed by atoms with Gasteiger partial charge < -0.3 is 20.3 Å². The van der Waals surface area contributed by atoms with E-state index >= 15 is 0 Å². The first-order valence-electron chi connectivity index (χ1n) is 8.42. The van der Waals surface area contributed by atoms with Crippen molar-refractivity contribution in [2.45, 2.75) is 44.9 Å². The fraction of sp³-hybridized carbons (Fsp3) is 0.611. The highest BCUT2D eigenvalue weighted by atomic mass is 16.5. The Kier molecular flexibility index (Phi) is 6.60. The molecule has 0 saturated carbocycles. The normalized spacial score (nSPS) is 21.6. The van der Waals surface area contributed by atoms with Crippen molar-refractivity contribution in [3.05, 3.63) is 29.3 Å². The van der Waals surface area contributed by atoms with E-state index in [-0.39, 0.29) is 6.42 Å². The Morgan fingerprint density at radius 1 is 1.46 bits per heavy atom. The van der Waals surface area contributed by atoms with Crippen LogP contribution in [0.3, 0.4) is 0 Å². The highest BCUT2D eigenvalue weighted by Gasteiger charge is 2.34. The molecule has 1 aliphatic heterocycles. The summed E-state index contributed by atoms with van der Waals surface area (Å²) in [7, 11) is 1.65. The number of carbonyl (C=O) groups is 1. The number of piperidine rings is 1. The minimum absolute atomic E-state index is 0.0156. The van der Waals surface area contributed by atoms with Gasteiger partial charge in [0, 0.05) is 25.3 Å². The van der Waals surface area contributed by atoms with E-state index in [2.05, 4.69) is 11.0 Å². The third kappa shape index (κ3) is 5.19. The van der Waals surface area contributed by atoms with Gasteiger partial charge in [-0.2, -0.15) is 0 Å². The van der Waals surface area contributed by atoms with Gasteiger partial charge in [-0.1, -0.05) is 6.07 Å². The second-order valence-corrected chi connectivity index (χ2v) is 6.46. The van der Waals surface area contributed by atoms with Gasteiger partial charge in [-0.3, -0.25) is 9.69 Å². The van der Waals surface area contributed by atoms with E-state index in [9.17, 15) is 9.90 Å². The maximum atomic E-state index is 11.2. The zero-order valence-corrected chi connectivity index (χ0v) is 14.6. The summed E-state index contributed by atoms with van der Waals surface area (Å²) in [5.41, 5.74) is 6.40. The Hall–Kier alpha value is -1.63. The minimum Gasteiger partial charge on any atom is -0.496 e. The molecule has 1 aromatic carbocycles. The SMILES string of the molecule is CCOCc1cc(CN2CCCC(O)(CC(N)=O)C2)ccc1OC. The maximum absolute atomic E-state index is 11.2. The summed E-state index contributed by atoms with van der Waals surface area (Å²) in [4.78, 5) is 13.3. The smallest absolute Gasteiger partial charge is 0.220 e. The molecule has 3 N–H and O–H groups in total. The van der Waals surface area contributed by atoms with Crippen LogP contribution in [0.1, 0.15) is 37.3 Å². The average molecular weight is 336 g/mol. The van der Waals surface area contributed by atoms with E-state index < -0.39 is 11.5 Å². The molecule has 0 radical (unpaired) electrons. The summed E-state index contributed by atoms with van der Waals surface area (Å²) in [5, 5.41) is 10.6. The van der Waals surface area contributed by atoms with Gasteiger partial charge in [0.05, 0.1) is 25.7 Å². The molecular formula is C18H28N2O4. The second kappa shape index (κ2) is 8.46. The van der Waals surface area contributed by atoms with Crippen LogP contribution in [-0.2, 0) is 22.7 Å². The predicted octanol–water partition coefficient (Wildman–Crippen LogP) is 1.43. The number of aliphatic hydroxyl groups is 1. The monoisotopic (exact) mass is 336 g/mol. The standard InChI is InChI=1S/C18H28N2O4/c1-3-24-12-15-9-14(5-6-16(15)23-2)11-20-8-4-7-18(22,13-20)10-17(19)21/h5-6,9,22H,3-4,7-8,10-13H2,1-2H3,(H2,19,21). The van der Waals surface area contributed by atoms with Gasteiger partial charge in [0.1, 0.15) is 5.75 Å². The molecule has 0 aromatic heterocycles. The Bertz CT molecular complexity index is 564. The lowest BCUT2D eigenvalue weighted by Gasteiger charge is -2.38. The van der Waals surface area contributed by atoms with E-state index in [1.165, 1.54) is 0 Å². The molecule has 1 fully saturated rings. The molecule has 24 heavy (non-hydrogen) atoms. The third-order valence-corrected chi connectivity index (χ3v) is 4.35. The molecule has 134 valence electrons. The molecule has 1 aromatic rings. The Morgan fingerprint density at radius 2 is 2.25 bits per heavy atom. The zero-order chi connectivity index (χ0) is 17.6. The number of ether oxygens (including phenoxy) is 2. The molecule has 0 bridgehead atoms. The van der Waals surface area contributed by atoms with Crippen molar-refractivity contribution in [3.63, 3.8) is 0 Å². The number of benzene rings is 1. The Morgan fingerprint density at radius 3 is 2.92 bits per heavy atom. The fourth-order valence-electron chi connectivity index (χ4n) is 3.32. The molecule has 0 spiro atoms. The molecular weight excluding hydrogens is 308 g/mol. The van der Waals surface area contributed by atoms with Crippen molar-refractivity contribution < 1.29 is 19.4 Å². The van der Waals surface area contributed by atoms with E-state index in [0.29, 0.717) is 32.7 Å². The van der Waals surface area contributed by atoms with Crippen LogP contribution in [0.15, 0.2) is 18.2 Å². The molecule has 1 atom stereocenters. The van der Waals surface area contributed by atoms with Gasteiger partial charge in [0.25, 0.3) is 0 Å². The zero-order valence-electron chi connectivity index (χ0n) is 14.6. The van der Waals surface area contributed by atoms with Crippen molar-refractivity contribution in [2.75, 3.05) is 26.8 Å². The molecule has 2 rings (SSSR count). The summed E-state index contributed by atoms with van der Waals surface area (Å²) in [6.45, 7) is 5.20. The summed E-state index contributed by atoms with van der Waals surface area (Å²) >= 11 is 0. The first-order chi connectivity index (χ1) is 11.5. The van der Waals surface area contributed by atoms with Crippen molar-refractivity contribution in [1.29, 1.82) is 0 Å². The molecule has 6 heteroatoms. The first kappa shape index (κ1) is 18.7. The second-order valence-electron chi connectivity index (χ2n) is 6.46. The van der Waals surface area contributed by atoms with Gasteiger partial charge in [-0.05, 0) is 44.0 Å². The number of methoxy groups -OCH3 is 1. The Balaban J connectivity index is 2.05. The van der Waals surface area contributed by atoms with Gasteiger partial charge in [-0.25, -0.2) is 0 Å². The van der Waals surface area contributed by atoms with Crippen LogP contribution in [0.2, 0.25) is 0 Å². The van der Waals surface area contributed by atoms with E-state index in [0.717, 1.165) is 29.8 Å². The number of carbonyl (C=O) groups excluding carboxylic acids is 1. The van der Waals surface area contributed by atoms with E-state index in [4.69, 9.17) is 15.2 Å². The van der Waals surface area contributed by atoms with Crippen LogP contribution in [0.25, 0.3) is 0 Å². The molecule has 1 amide bonds. The quantitative estimate of drug-likeness (QED) is 0.750. The topological polar surface area (TPSA) is 85.0 Å². The number of rotatable bonds is 8. The van der Waals surface area contributed by atoms with E-state index in [1.807, 2.05) is 19.1 Å². The number of likely N-dealkylation sites (tertiary alicyclic amines) is 1. The summed E-state index contributed by atoms with van der Waals surface area (Å²) < 4.78 is 10.9. The van der Waals surface area contributed by atoms with Crippen molar-refractivity contribution in [2.24, 2.45) is 5.73 Å². The number of nitrogens with zero attached hydrogens (tertiary/aromatic N) is 1. The van der Waals surface area contributed by atoms with Crippen LogP contribution in [-0.4, -0.2) is 48.3 Å². The maximum Gasteiger partial charge on any atom is 0.220 e. The number of β-amino-alcohol motifs (C(OH)–C–C–N with tert-alkyl or cyclic N) is 1. The average Bonchev–Trinajstić information content (AvgIpc) is 2.52. The van der Waals surface area contributed by atoms with E-state index in [1.54, 1.807) is 7.11 Å². The van der Waals surface area contributed by atoms with Crippen LogP contribution >= 0.6 is 0 Å². The summed E-state index contributed by atoms with van der Waals surface area (Å²) in [6, 6.07) is 6.05. The highest BCUT2D eigenvalue weighted by Crippen LogP contribution is 2.27. The fourth-order valence-corrected chi connectivity index (χ4v) is 3.32. The molecule has 1 heterocycles. The summed E-state index contributed by atoms with van der Waals surface area (Å²) in [5.74, 6) is 0.360. The number of hydrogen-bond donors (Lipinski definition) is 2. The lowest BCUT2D eigenvalue weighted by molar-refractivity contribution is -0.125. The van der Waals surface area contributed by atoms with Gasteiger partial charge >= 0.3 is 0 Å². The number of amides is 1. The van der Waals surface area contributed by atoms with Crippen LogP contribution in [0, 0.1) is 0 Å². The summed E-state index contributed by atoms with van der Waals surface area (Å²) in [6.07, 6.45) is 1.48. The molecule has 1 saturated heterocycles. The highest BCUT2D eigenvalue weighted by molar-refractivity contribution is 5.75. The molecule has 1 unspecified atom stereocenters. The molecule has 6 nitrogen and oxygen atoms in total. The van der Waals surface area contributed by atoms with Crippen molar-refractivity contribution in [1.82, 2.24) is 4.90 Å². The predicted molar refractivity (Wildman–Crippen MR) is 91.6 cm³/mol. The van der Waals surface area contributed by atoms with Crippen molar-refractivity contribution >= 4 is 5.91 Å². The van der Waals surface area contributed by atoms with Gasteiger partial charge in [0.15, 0.2) is 0 Å². The third-order valence-electron chi connectivity index (χ3n) is 4.35. The Labute approximate surface area is 143 Å². The lowest BCUT2D eigenvalue weighted by atomic mass is 9.89. The molecule has 0 aliphatic carbocycles.